The predicted molar refractivity (Wildman–Crippen MR) is 105 cm³/mol. The average molecular weight is 419 g/mol. The fourth-order valence-corrected chi connectivity index (χ4v) is 3.65. The van der Waals surface area contributed by atoms with Crippen molar-refractivity contribution in [3.8, 4) is 23.2 Å². The number of alkyl halides is 3. The number of nitrogens with zero attached hydrogens (tertiary/aromatic N) is 3. The van der Waals surface area contributed by atoms with E-state index in [1.807, 2.05) is 0 Å². The van der Waals surface area contributed by atoms with Crippen LogP contribution in [-0.4, -0.2) is 15.5 Å². The molecule has 2 aromatic heterocycles. The minimum absolute atomic E-state index is 0.0529. The topological polar surface area (TPSA) is 67.9 Å². The lowest BCUT2D eigenvalue weighted by molar-refractivity contribution is -0.137. The molecule has 0 radical (unpaired) electrons. The largest absolute Gasteiger partial charge is 0.487 e. The van der Waals surface area contributed by atoms with Gasteiger partial charge < -0.3 is 4.74 Å². The first-order valence-corrected chi connectivity index (χ1v) is 9.26. The van der Waals surface area contributed by atoms with E-state index in [4.69, 9.17) is 4.74 Å². The van der Waals surface area contributed by atoms with E-state index < -0.39 is 11.7 Å². The fraction of sp³-hybridized carbons (Fsp3) is 0.0870. The highest BCUT2D eigenvalue weighted by atomic mass is 19.4. The van der Waals surface area contributed by atoms with E-state index in [0.29, 0.717) is 33.4 Å². The zero-order chi connectivity index (χ0) is 21.8. The second-order valence-corrected chi connectivity index (χ2v) is 7.06. The molecule has 5 rings (SSSR count). The summed E-state index contributed by atoms with van der Waals surface area (Å²) in [5.41, 5.74) is 2.04. The molecular weight excluding hydrogens is 407 g/mol. The van der Waals surface area contributed by atoms with Crippen LogP contribution in [0.4, 0.5) is 13.2 Å². The van der Waals surface area contributed by atoms with E-state index in [0.717, 1.165) is 12.1 Å². The SMILES string of the molecule is N#Cc1ccc2nc3c(c(OCc4ccc(C(F)(F)F)cc4)c2c1)C(=O)n1cccc1-3. The van der Waals surface area contributed by atoms with Crippen LogP contribution in [0.25, 0.3) is 22.3 Å². The van der Waals surface area contributed by atoms with Crippen LogP contribution < -0.4 is 4.74 Å². The summed E-state index contributed by atoms with van der Waals surface area (Å²) >= 11 is 0. The molecule has 3 heterocycles. The Labute approximate surface area is 173 Å². The zero-order valence-electron chi connectivity index (χ0n) is 15.8. The maximum atomic E-state index is 13.0. The monoisotopic (exact) mass is 419 g/mol. The molecule has 0 saturated carbocycles. The number of carbonyl (C=O) groups is 1. The summed E-state index contributed by atoms with van der Waals surface area (Å²) in [5.74, 6) is -0.0557. The van der Waals surface area contributed by atoms with Crippen LogP contribution in [0.3, 0.4) is 0 Å². The highest BCUT2D eigenvalue weighted by molar-refractivity contribution is 6.13. The molecule has 0 saturated heterocycles. The highest BCUT2D eigenvalue weighted by Crippen LogP contribution is 2.41. The Bertz CT molecular complexity index is 1400. The predicted octanol–water partition coefficient (Wildman–Crippen LogP) is 5.17. The molecule has 2 aromatic carbocycles. The first-order chi connectivity index (χ1) is 14.9. The van der Waals surface area contributed by atoms with E-state index in [1.165, 1.54) is 16.7 Å². The molecule has 8 heteroatoms. The van der Waals surface area contributed by atoms with Crippen LogP contribution in [-0.2, 0) is 12.8 Å². The van der Waals surface area contributed by atoms with Gasteiger partial charge in [0.05, 0.1) is 28.4 Å². The average Bonchev–Trinajstić information content (AvgIpc) is 3.34. The van der Waals surface area contributed by atoms with E-state index in [9.17, 15) is 23.2 Å². The van der Waals surface area contributed by atoms with Gasteiger partial charge in [0.15, 0.2) is 0 Å². The molecule has 0 spiro atoms. The Balaban J connectivity index is 1.60. The van der Waals surface area contributed by atoms with Gasteiger partial charge >= 0.3 is 6.18 Å². The minimum atomic E-state index is -4.42. The number of benzene rings is 2. The number of rotatable bonds is 3. The number of ether oxygens (including phenoxy) is 1. The third kappa shape index (κ3) is 3.02. The molecule has 0 bridgehead atoms. The minimum Gasteiger partial charge on any atom is -0.487 e. The van der Waals surface area contributed by atoms with Crippen molar-refractivity contribution in [2.45, 2.75) is 12.8 Å². The van der Waals surface area contributed by atoms with E-state index in [2.05, 4.69) is 11.1 Å². The number of nitriles is 1. The normalized spacial score (nSPS) is 12.5. The van der Waals surface area contributed by atoms with Gasteiger partial charge in [0, 0.05) is 11.6 Å². The van der Waals surface area contributed by atoms with E-state index in [-0.39, 0.29) is 23.8 Å². The maximum Gasteiger partial charge on any atom is 0.416 e. The Hall–Kier alpha value is -4.12. The van der Waals surface area contributed by atoms with E-state index in [1.54, 1.807) is 36.5 Å². The molecule has 152 valence electrons. The lowest BCUT2D eigenvalue weighted by Crippen LogP contribution is -2.09. The smallest absolute Gasteiger partial charge is 0.416 e. The Morgan fingerprint density at radius 1 is 1.10 bits per heavy atom. The summed E-state index contributed by atoms with van der Waals surface area (Å²) in [6, 6.07) is 15.1. The number of hydrogen-bond donors (Lipinski definition) is 0. The molecule has 1 aliphatic rings. The van der Waals surface area contributed by atoms with Crippen molar-refractivity contribution in [2.24, 2.45) is 0 Å². The third-order valence-electron chi connectivity index (χ3n) is 5.15. The Morgan fingerprint density at radius 2 is 1.87 bits per heavy atom. The Morgan fingerprint density at radius 3 is 2.58 bits per heavy atom. The number of aromatic nitrogens is 2. The lowest BCUT2D eigenvalue weighted by atomic mass is 10.0. The van der Waals surface area contributed by atoms with Crippen LogP contribution in [0.5, 0.6) is 5.75 Å². The third-order valence-corrected chi connectivity index (χ3v) is 5.15. The van der Waals surface area contributed by atoms with E-state index >= 15 is 0 Å². The van der Waals surface area contributed by atoms with Gasteiger partial charge in [0.1, 0.15) is 23.6 Å². The van der Waals surface area contributed by atoms with Gasteiger partial charge in [-0.05, 0) is 48.0 Å². The molecule has 0 atom stereocenters. The second-order valence-electron chi connectivity index (χ2n) is 7.06. The number of fused-ring (bicyclic) bond motifs is 4. The van der Waals surface area contributed by atoms with Gasteiger partial charge in [-0.15, -0.1) is 0 Å². The quantitative estimate of drug-likeness (QED) is 0.404. The first kappa shape index (κ1) is 18.9. The summed E-state index contributed by atoms with van der Waals surface area (Å²) in [5, 5.41) is 9.76. The van der Waals surface area contributed by atoms with Gasteiger partial charge in [0.25, 0.3) is 5.91 Å². The maximum absolute atomic E-state index is 13.0. The van der Waals surface area contributed by atoms with Gasteiger partial charge in [-0.1, -0.05) is 12.1 Å². The molecular formula is C23H12F3N3O2. The van der Waals surface area contributed by atoms with Crippen molar-refractivity contribution in [1.82, 2.24) is 9.55 Å². The summed E-state index contributed by atoms with van der Waals surface area (Å²) in [6.07, 6.45) is -2.79. The van der Waals surface area contributed by atoms with Gasteiger partial charge in [-0.25, -0.2) is 4.98 Å². The van der Waals surface area contributed by atoms with Crippen LogP contribution in [0.2, 0.25) is 0 Å². The van der Waals surface area contributed by atoms with Gasteiger partial charge in [-0.3, -0.25) is 9.36 Å². The van der Waals surface area contributed by atoms with Crippen molar-refractivity contribution in [2.75, 3.05) is 0 Å². The number of carbonyl (C=O) groups excluding carboxylic acids is 1. The molecule has 1 aliphatic heterocycles. The Kier molecular flexibility index (Phi) is 4.08. The van der Waals surface area contributed by atoms with Crippen LogP contribution in [0.15, 0.2) is 60.8 Å². The molecule has 0 amide bonds. The summed E-state index contributed by atoms with van der Waals surface area (Å²) in [7, 11) is 0. The van der Waals surface area contributed by atoms with Gasteiger partial charge in [0.2, 0.25) is 0 Å². The number of halogens is 3. The van der Waals surface area contributed by atoms with Crippen molar-refractivity contribution < 1.29 is 22.7 Å². The van der Waals surface area contributed by atoms with Crippen molar-refractivity contribution >= 4 is 16.8 Å². The summed E-state index contributed by atoms with van der Waals surface area (Å²) in [6.45, 7) is -0.0529. The van der Waals surface area contributed by atoms with Crippen LogP contribution in [0, 0.1) is 11.3 Å². The second kappa shape index (κ2) is 6.71. The first-order valence-electron chi connectivity index (χ1n) is 9.26. The number of pyridine rings is 1. The van der Waals surface area contributed by atoms with Crippen molar-refractivity contribution in [1.29, 1.82) is 5.26 Å². The molecule has 5 nitrogen and oxygen atoms in total. The molecule has 0 fully saturated rings. The molecule has 31 heavy (non-hydrogen) atoms. The standard InChI is InChI=1S/C23H12F3N3O2/c24-23(25,26)15-6-3-13(4-7-15)12-31-21-16-10-14(11-27)5-8-17(16)28-20-18-2-1-9-29(18)22(30)19(20)21/h1-10H,12H2. The van der Waals surface area contributed by atoms with Crippen molar-refractivity contribution in [3.63, 3.8) is 0 Å². The van der Waals surface area contributed by atoms with Crippen LogP contribution >= 0.6 is 0 Å². The number of hydrogen-bond acceptors (Lipinski definition) is 4. The summed E-state index contributed by atoms with van der Waals surface area (Å²) < 4.78 is 45.9. The van der Waals surface area contributed by atoms with Gasteiger partial charge in [-0.2, -0.15) is 18.4 Å². The van der Waals surface area contributed by atoms with Crippen molar-refractivity contribution in [3.05, 3.63) is 83.0 Å². The lowest BCUT2D eigenvalue weighted by Gasteiger charge is -2.14. The molecule has 0 aliphatic carbocycles. The molecule has 0 N–H and O–H groups in total. The zero-order valence-corrected chi connectivity index (χ0v) is 15.8. The molecule has 4 aromatic rings. The highest BCUT2D eigenvalue weighted by Gasteiger charge is 2.33. The van der Waals surface area contributed by atoms with Crippen LogP contribution in [0.1, 0.15) is 27.0 Å². The fourth-order valence-electron chi connectivity index (χ4n) is 3.65. The molecule has 0 unspecified atom stereocenters. The summed E-state index contributed by atoms with van der Waals surface area (Å²) in [4.78, 5) is 17.6.